The third-order valence-electron chi connectivity index (χ3n) is 5.65. The molecule has 5 heteroatoms. The lowest BCUT2D eigenvalue weighted by atomic mass is 10.1. The number of rotatable bonds is 6. The predicted octanol–water partition coefficient (Wildman–Crippen LogP) is 3.77. The minimum absolute atomic E-state index is 0.0260. The third-order valence-corrected chi connectivity index (χ3v) is 5.65. The highest BCUT2D eigenvalue weighted by atomic mass is 16.5. The van der Waals surface area contributed by atoms with Crippen LogP contribution in [0.1, 0.15) is 50.9 Å². The number of hydrogen-bond donors (Lipinski definition) is 2. The van der Waals surface area contributed by atoms with Gasteiger partial charge in [0, 0.05) is 13.2 Å². The molecular formula is C22H30N2O3. The Morgan fingerprint density at radius 3 is 2.67 bits per heavy atom. The van der Waals surface area contributed by atoms with Gasteiger partial charge in [-0.15, -0.1) is 0 Å². The number of amides is 2. The Labute approximate surface area is 161 Å². The molecule has 1 saturated carbocycles. The van der Waals surface area contributed by atoms with Gasteiger partial charge in [0.2, 0.25) is 5.91 Å². The molecule has 2 aliphatic rings. The fourth-order valence-electron chi connectivity index (χ4n) is 3.96. The molecule has 2 N–H and O–H groups in total. The van der Waals surface area contributed by atoms with Crippen LogP contribution < -0.4 is 10.6 Å². The van der Waals surface area contributed by atoms with E-state index in [1.54, 1.807) is 12.1 Å². The van der Waals surface area contributed by atoms with Crippen LogP contribution >= 0.6 is 0 Å². The zero-order valence-corrected chi connectivity index (χ0v) is 16.7. The molecule has 1 aromatic carbocycles. The van der Waals surface area contributed by atoms with Crippen molar-refractivity contribution in [1.82, 2.24) is 5.32 Å². The Morgan fingerprint density at radius 2 is 2.00 bits per heavy atom. The molecule has 1 aliphatic heterocycles. The highest BCUT2D eigenvalue weighted by Gasteiger charge is 2.60. The number of ether oxygens (including phenoxy) is 1. The average molecular weight is 370 g/mol. The molecule has 3 atom stereocenters. The van der Waals surface area contributed by atoms with Crippen LogP contribution in [-0.4, -0.2) is 31.1 Å². The van der Waals surface area contributed by atoms with Crippen LogP contribution in [-0.2, 0) is 9.53 Å². The molecule has 0 radical (unpaired) electrons. The predicted molar refractivity (Wildman–Crippen MR) is 107 cm³/mol. The molecule has 27 heavy (non-hydrogen) atoms. The molecule has 0 unspecified atom stereocenters. The summed E-state index contributed by atoms with van der Waals surface area (Å²) in [7, 11) is 0. The lowest BCUT2D eigenvalue weighted by Crippen LogP contribution is -2.32. The number of benzene rings is 1. The Kier molecular flexibility index (Phi) is 5.70. The summed E-state index contributed by atoms with van der Waals surface area (Å²) in [6.07, 6.45) is 4.27. The molecule has 3 rings (SSSR count). The van der Waals surface area contributed by atoms with Crippen molar-refractivity contribution in [2.24, 2.45) is 17.3 Å². The van der Waals surface area contributed by atoms with E-state index in [0.717, 1.165) is 19.4 Å². The molecule has 0 bridgehead atoms. The van der Waals surface area contributed by atoms with Crippen molar-refractivity contribution in [3.05, 3.63) is 41.5 Å². The van der Waals surface area contributed by atoms with E-state index in [1.165, 1.54) is 5.57 Å². The number of carbonyl (C=O) groups excluding carboxylic acids is 2. The van der Waals surface area contributed by atoms with Gasteiger partial charge in [0.25, 0.3) is 5.91 Å². The number of nitrogens with one attached hydrogen (secondary N) is 2. The van der Waals surface area contributed by atoms with Gasteiger partial charge in [-0.3, -0.25) is 9.59 Å². The minimum Gasteiger partial charge on any atom is -0.376 e. The van der Waals surface area contributed by atoms with Gasteiger partial charge in [0.1, 0.15) is 0 Å². The van der Waals surface area contributed by atoms with Crippen LogP contribution in [0.4, 0.5) is 5.69 Å². The van der Waals surface area contributed by atoms with E-state index < -0.39 is 0 Å². The van der Waals surface area contributed by atoms with Gasteiger partial charge in [0.05, 0.1) is 23.3 Å². The normalized spacial score (nSPS) is 25.6. The van der Waals surface area contributed by atoms with Crippen LogP contribution in [0.3, 0.4) is 0 Å². The monoisotopic (exact) mass is 370 g/mol. The van der Waals surface area contributed by atoms with Gasteiger partial charge in [-0.05, 0) is 50.2 Å². The first kappa shape index (κ1) is 19.6. The second-order valence-electron chi connectivity index (χ2n) is 8.45. The highest BCUT2D eigenvalue weighted by molar-refractivity contribution is 6.05. The van der Waals surface area contributed by atoms with E-state index in [9.17, 15) is 9.59 Å². The standard InChI is InChI=1S/C22H30N2O3/c1-14(2)12-17-19(22(17,3)4)21(26)24-18-10-6-5-9-16(18)20(25)23-13-15-8-7-11-27-15/h5-6,9-10,12,15,17,19H,7-8,11,13H2,1-4H3,(H,23,25)(H,24,26)/t15-,17-,19-/m1/s1. The summed E-state index contributed by atoms with van der Waals surface area (Å²) in [6, 6.07) is 7.16. The Morgan fingerprint density at radius 1 is 1.26 bits per heavy atom. The van der Waals surface area contributed by atoms with E-state index in [0.29, 0.717) is 17.8 Å². The molecule has 1 saturated heterocycles. The van der Waals surface area contributed by atoms with E-state index >= 15 is 0 Å². The molecule has 2 amide bonds. The van der Waals surface area contributed by atoms with Crippen LogP contribution in [0.25, 0.3) is 0 Å². The van der Waals surface area contributed by atoms with Crippen molar-refractivity contribution in [3.63, 3.8) is 0 Å². The molecule has 1 aromatic rings. The number of para-hydroxylation sites is 1. The molecule has 2 fully saturated rings. The van der Waals surface area contributed by atoms with Gasteiger partial charge in [0.15, 0.2) is 0 Å². The number of hydrogen-bond acceptors (Lipinski definition) is 3. The molecule has 1 aliphatic carbocycles. The van der Waals surface area contributed by atoms with Gasteiger partial charge in [-0.1, -0.05) is 37.6 Å². The maximum absolute atomic E-state index is 12.8. The van der Waals surface area contributed by atoms with Crippen molar-refractivity contribution < 1.29 is 14.3 Å². The van der Waals surface area contributed by atoms with E-state index in [2.05, 4.69) is 44.4 Å². The Hall–Kier alpha value is -2.14. The Balaban J connectivity index is 1.66. The van der Waals surface area contributed by atoms with Crippen molar-refractivity contribution in [1.29, 1.82) is 0 Å². The third kappa shape index (κ3) is 4.41. The van der Waals surface area contributed by atoms with Crippen molar-refractivity contribution in [3.8, 4) is 0 Å². The van der Waals surface area contributed by atoms with Gasteiger partial charge >= 0.3 is 0 Å². The summed E-state index contributed by atoms with van der Waals surface area (Å²) in [5, 5.41) is 5.91. The molecule has 1 heterocycles. The number of anilines is 1. The van der Waals surface area contributed by atoms with E-state index in [4.69, 9.17) is 4.74 Å². The first-order chi connectivity index (χ1) is 12.8. The lowest BCUT2D eigenvalue weighted by Gasteiger charge is -2.14. The summed E-state index contributed by atoms with van der Waals surface area (Å²) < 4.78 is 5.55. The van der Waals surface area contributed by atoms with Crippen molar-refractivity contribution >= 4 is 17.5 Å². The molecule has 5 nitrogen and oxygen atoms in total. The second kappa shape index (κ2) is 7.85. The quantitative estimate of drug-likeness (QED) is 0.749. The van der Waals surface area contributed by atoms with Crippen molar-refractivity contribution in [2.45, 2.75) is 46.6 Å². The van der Waals surface area contributed by atoms with Gasteiger partial charge < -0.3 is 15.4 Å². The molecule has 146 valence electrons. The summed E-state index contributed by atoms with van der Waals surface area (Å²) in [4.78, 5) is 25.4. The van der Waals surface area contributed by atoms with Crippen LogP contribution in [0.15, 0.2) is 35.9 Å². The maximum Gasteiger partial charge on any atom is 0.253 e. The summed E-state index contributed by atoms with van der Waals surface area (Å²) in [5.41, 5.74) is 2.21. The average Bonchev–Trinajstić information content (AvgIpc) is 2.98. The zero-order valence-electron chi connectivity index (χ0n) is 16.7. The highest BCUT2D eigenvalue weighted by Crippen LogP contribution is 2.59. The molecule has 0 aromatic heterocycles. The lowest BCUT2D eigenvalue weighted by molar-refractivity contribution is -0.118. The second-order valence-corrected chi connectivity index (χ2v) is 8.45. The SMILES string of the molecule is CC(C)=C[C@@H]1[C@H](C(=O)Nc2ccccc2C(=O)NC[C@H]2CCCO2)C1(C)C. The number of allylic oxidation sites excluding steroid dienone is 2. The van der Waals surface area contributed by atoms with Crippen LogP contribution in [0.5, 0.6) is 0 Å². The van der Waals surface area contributed by atoms with E-state index in [-0.39, 0.29) is 35.2 Å². The van der Waals surface area contributed by atoms with Gasteiger partial charge in [-0.2, -0.15) is 0 Å². The van der Waals surface area contributed by atoms with Crippen LogP contribution in [0.2, 0.25) is 0 Å². The topological polar surface area (TPSA) is 67.4 Å². The minimum atomic E-state index is -0.183. The maximum atomic E-state index is 12.8. The first-order valence-electron chi connectivity index (χ1n) is 9.75. The molecular weight excluding hydrogens is 340 g/mol. The first-order valence-corrected chi connectivity index (χ1v) is 9.75. The van der Waals surface area contributed by atoms with Gasteiger partial charge in [-0.25, -0.2) is 0 Å². The van der Waals surface area contributed by atoms with E-state index in [1.807, 2.05) is 12.1 Å². The summed E-state index contributed by atoms with van der Waals surface area (Å²) >= 11 is 0. The molecule has 0 spiro atoms. The largest absolute Gasteiger partial charge is 0.376 e. The Bertz CT molecular complexity index is 744. The van der Waals surface area contributed by atoms with Crippen LogP contribution in [0, 0.1) is 17.3 Å². The zero-order chi connectivity index (χ0) is 19.6. The van der Waals surface area contributed by atoms with Crippen molar-refractivity contribution in [2.75, 3.05) is 18.5 Å². The number of carbonyl (C=O) groups is 2. The smallest absolute Gasteiger partial charge is 0.253 e. The fourth-order valence-corrected chi connectivity index (χ4v) is 3.96. The fraction of sp³-hybridized carbons (Fsp3) is 0.545. The summed E-state index contributed by atoms with van der Waals surface area (Å²) in [5.74, 6) is -0.0439. The summed E-state index contributed by atoms with van der Waals surface area (Å²) in [6.45, 7) is 9.59.